The number of aromatic nitrogens is 2. The molecule has 18 heavy (non-hydrogen) atoms. The molecular formula is C15H18N2O. The topological polar surface area (TPSA) is 35.0 Å². The van der Waals surface area contributed by atoms with Gasteiger partial charge in [-0.1, -0.05) is 12.1 Å². The lowest BCUT2D eigenvalue weighted by molar-refractivity contribution is 0.242. The highest BCUT2D eigenvalue weighted by molar-refractivity contribution is 5.64. The van der Waals surface area contributed by atoms with Gasteiger partial charge < -0.3 is 4.74 Å². The maximum absolute atomic E-state index is 5.70. The first-order valence-electron chi connectivity index (χ1n) is 6.13. The molecule has 3 heteroatoms. The molecule has 0 fully saturated rings. The Kier molecular flexibility index (Phi) is 3.60. The van der Waals surface area contributed by atoms with E-state index in [0.717, 1.165) is 28.4 Å². The highest BCUT2D eigenvalue weighted by Crippen LogP contribution is 2.25. The van der Waals surface area contributed by atoms with Crippen molar-refractivity contribution in [3.8, 4) is 17.0 Å². The maximum Gasteiger partial charge on any atom is 0.125 e. The zero-order valence-electron chi connectivity index (χ0n) is 11.3. The van der Waals surface area contributed by atoms with Gasteiger partial charge in [0.1, 0.15) is 11.6 Å². The zero-order chi connectivity index (χ0) is 13.1. The first kappa shape index (κ1) is 12.6. The lowest BCUT2D eigenvalue weighted by atomic mass is 10.1. The van der Waals surface area contributed by atoms with E-state index in [1.165, 1.54) is 0 Å². The molecule has 1 heterocycles. The molecule has 0 aliphatic rings. The van der Waals surface area contributed by atoms with E-state index in [4.69, 9.17) is 4.74 Å². The maximum atomic E-state index is 5.70. The quantitative estimate of drug-likeness (QED) is 0.825. The zero-order valence-corrected chi connectivity index (χ0v) is 11.3. The van der Waals surface area contributed by atoms with Crippen LogP contribution in [0.4, 0.5) is 0 Å². The van der Waals surface area contributed by atoms with Gasteiger partial charge in [-0.05, 0) is 45.4 Å². The van der Waals surface area contributed by atoms with E-state index < -0.39 is 0 Å². The van der Waals surface area contributed by atoms with E-state index in [0.29, 0.717) is 0 Å². The highest BCUT2D eigenvalue weighted by atomic mass is 16.5. The van der Waals surface area contributed by atoms with Gasteiger partial charge in [0, 0.05) is 11.8 Å². The number of hydrogen-bond donors (Lipinski definition) is 0. The molecule has 2 aromatic rings. The SMILES string of the molecule is Cc1ncc(C)c(-c2cccc(OC(C)C)c2)n1. The van der Waals surface area contributed by atoms with Crippen LogP contribution in [0.2, 0.25) is 0 Å². The van der Waals surface area contributed by atoms with Gasteiger partial charge in [0.2, 0.25) is 0 Å². The van der Waals surface area contributed by atoms with E-state index in [1.807, 2.05) is 58.2 Å². The van der Waals surface area contributed by atoms with Crippen LogP contribution in [0.1, 0.15) is 25.2 Å². The van der Waals surface area contributed by atoms with Crippen molar-refractivity contribution >= 4 is 0 Å². The highest BCUT2D eigenvalue weighted by Gasteiger charge is 2.06. The van der Waals surface area contributed by atoms with Crippen LogP contribution in [0.15, 0.2) is 30.5 Å². The Hall–Kier alpha value is -1.90. The van der Waals surface area contributed by atoms with Crippen LogP contribution in [-0.2, 0) is 0 Å². The average Bonchev–Trinajstić information content (AvgIpc) is 2.32. The monoisotopic (exact) mass is 242 g/mol. The molecule has 0 saturated heterocycles. The van der Waals surface area contributed by atoms with Crippen molar-refractivity contribution in [3.63, 3.8) is 0 Å². The Morgan fingerprint density at radius 2 is 1.94 bits per heavy atom. The predicted molar refractivity (Wildman–Crippen MR) is 72.7 cm³/mol. The first-order valence-corrected chi connectivity index (χ1v) is 6.13. The van der Waals surface area contributed by atoms with Crippen LogP contribution in [0.5, 0.6) is 5.75 Å². The van der Waals surface area contributed by atoms with Crippen LogP contribution in [-0.4, -0.2) is 16.1 Å². The number of rotatable bonds is 3. The Bertz CT molecular complexity index is 550. The van der Waals surface area contributed by atoms with Crippen LogP contribution >= 0.6 is 0 Å². The molecule has 94 valence electrons. The van der Waals surface area contributed by atoms with Crippen molar-refractivity contribution in [1.82, 2.24) is 9.97 Å². The number of hydrogen-bond acceptors (Lipinski definition) is 3. The molecule has 0 aliphatic heterocycles. The summed E-state index contributed by atoms with van der Waals surface area (Å²) in [7, 11) is 0. The third kappa shape index (κ3) is 2.86. The largest absolute Gasteiger partial charge is 0.491 e. The first-order chi connectivity index (χ1) is 8.56. The molecule has 1 aromatic heterocycles. The molecule has 1 aromatic carbocycles. The van der Waals surface area contributed by atoms with Crippen molar-refractivity contribution in [2.75, 3.05) is 0 Å². The summed E-state index contributed by atoms with van der Waals surface area (Å²) in [5, 5.41) is 0. The molecule has 0 radical (unpaired) electrons. The summed E-state index contributed by atoms with van der Waals surface area (Å²) in [5.41, 5.74) is 3.11. The summed E-state index contributed by atoms with van der Waals surface area (Å²) in [5.74, 6) is 1.66. The van der Waals surface area contributed by atoms with Gasteiger partial charge in [0.25, 0.3) is 0 Å². The molecule has 3 nitrogen and oxygen atoms in total. The fourth-order valence-corrected chi connectivity index (χ4v) is 1.81. The second-order valence-corrected chi connectivity index (χ2v) is 4.64. The third-order valence-electron chi connectivity index (χ3n) is 2.57. The third-order valence-corrected chi connectivity index (χ3v) is 2.57. The lowest BCUT2D eigenvalue weighted by Gasteiger charge is -2.11. The summed E-state index contributed by atoms with van der Waals surface area (Å²) in [6, 6.07) is 8.02. The molecule has 0 spiro atoms. The van der Waals surface area contributed by atoms with Gasteiger partial charge in [0.05, 0.1) is 11.8 Å². The Morgan fingerprint density at radius 3 is 2.67 bits per heavy atom. The van der Waals surface area contributed by atoms with Gasteiger partial charge in [-0.3, -0.25) is 0 Å². The van der Waals surface area contributed by atoms with Crippen molar-refractivity contribution in [1.29, 1.82) is 0 Å². The van der Waals surface area contributed by atoms with Crippen LogP contribution in [0.3, 0.4) is 0 Å². The van der Waals surface area contributed by atoms with E-state index >= 15 is 0 Å². The van der Waals surface area contributed by atoms with Crippen LogP contribution in [0, 0.1) is 13.8 Å². The van der Waals surface area contributed by atoms with Crippen molar-refractivity contribution < 1.29 is 4.74 Å². The fourth-order valence-electron chi connectivity index (χ4n) is 1.81. The van der Waals surface area contributed by atoms with Crippen molar-refractivity contribution in [2.24, 2.45) is 0 Å². The molecule has 0 bridgehead atoms. The standard InChI is InChI=1S/C15H18N2O/c1-10(2)18-14-7-5-6-13(8-14)15-11(3)9-16-12(4)17-15/h5-10H,1-4H3. The van der Waals surface area contributed by atoms with Crippen molar-refractivity contribution in [3.05, 3.63) is 41.9 Å². The summed E-state index contributed by atoms with van der Waals surface area (Å²) < 4.78 is 5.70. The Balaban J connectivity index is 2.41. The Morgan fingerprint density at radius 1 is 1.17 bits per heavy atom. The van der Waals surface area contributed by atoms with Crippen molar-refractivity contribution in [2.45, 2.75) is 33.8 Å². The van der Waals surface area contributed by atoms with Crippen LogP contribution in [0.25, 0.3) is 11.3 Å². The summed E-state index contributed by atoms with van der Waals surface area (Å²) in [4.78, 5) is 8.69. The molecule has 0 atom stereocenters. The van der Waals surface area contributed by atoms with Crippen LogP contribution < -0.4 is 4.74 Å². The van der Waals surface area contributed by atoms with E-state index in [2.05, 4.69) is 9.97 Å². The predicted octanol–water partition coefficient (Wildman–Crippen LogP) is 3.55. The number of aryl methyl sites for hydroxylation is 2. The van der Waals surface area contributed by atoms with E-state index in [9.17, 15) is 0 Å². The van der Waals surface area contributed by atoms with Gasteiger partial charge in [0.15, 0.2) is 0 Å². The van der Waals surface area contributed by atoms with E-state index in [1.54, 1.807) is 0 Å². The molecule has 0 unspecified atom stereocenters. The average molecular weight is 242 g/mol. The number of nitrogens with zero attached hydrogens (tertiary/aromatic N) is 2. The number of ether oxygens (including phenoxy) is 1. The second kappa shape index (κ2) is 5.17. The molecule has 0 saturated carbocycles. The van der Waals surface area contributed by atoms with Gasteiger partial charge in [-0.2, -0.15) is 0 Å². The van der Waals surface area contributed by atoms with E-state index in [-0.39, 0.29) is 6.10 Å². The molecule has 2 rings (SSSR count). The fraction of sp³-hybridized carbons (Fsp3) is 0.333. The molecule has 0 aliphatic carbocycles. The molecular weight excluding hydrogens is 224 g/mol. The minimum atomic E-state index is 0.175. The Labute approximate surface area is 108 Å². The number of benzene rings is 1. The summed E-state index contributed by atoms with van der Waals surface area (Å²) in [6.07, 6.45) is 2.03. The second-order valence-electron chi connectivity index (χ2n) is 4.64. The summed E-state index contributed by atoms with van der Waals surface area (Å²) >= 11 is 0. The minimum Gasteiger partial charge on any atom is -0.491 e. The van der Waals surface area contributed by atoms with Gasteiger partial charge >= 0.3 is 0 Å². The van der Waals surface area contributed by atoms with Gasteiger partial charge in [-0.15, -0.1) is 0 Å². The minimum absolute atomic E-state index is 0.175. The molecule has 0 amide bonds. The molecule has 0 N–H and O–H groups in total. The smallest absolute Gasteiger partial charge is 0.125 e. The van der Waals surface area contributed by atoms with Gasteiger partial charge in [-0.25, -0.2) is 9.97 Å². The normalized spacial score (nSPS) is 10.7. The lowest BCUT2D eigenvalue weighted by Crippen LogP contribution is -2.05. The summed E-state index contributed by atoms with van der Waals surface area (Å²) in [6.45, 7) is 7.96.